The third-order valence-corrected chi connectivity index (χ3v) is 1.97. The summed E-state index contributed by atoms with van der Waals surface area (Å²) in [4.78, 5) is 20.4. The predicted molar refractivity (Wildman–Crippen MR) is 52.5 cm³/mol. The molecule has 0 spiro atoms. The average Bonchev–Trinajstić information content (AvgIpc) is 2.14. The van der Waals surface area contributed by atoms with E-state index in [0.29, 0.717) is 6.07 Å². The molecule has 0 aliphatic carbocycles. The summed E-state index contributed by atoms with van der Waals surface area (Å²) >= 11 is 0. The molecule has 0 unspecified atom stereocenters. The minimum Gasteiger partial charge on any atom is -0.300 e. The van der Waals surface area contributed by atoms with Gasteiger partial charge in [-0.2, -0.15) is 13.2 Å². The van der Waals surface area contributed by atoms with Crippen molar-refractivity contribution in [3.63, 3.8) is 0 Å². The predicted octanol–water partition coefficient (Wildman–Crippen LogP) is 2.75. The van der Waals surface area contributed by atoms with Crippen LogP contribution in [0, 0.1) is 10.1 Å². The Bertz CT molecular complexity index is 468. The summed E-state index contributed by atoms with van der Waals surface area (Å²) in [5, 5.41) is 10.5. The highest BCUT2D eigenvalue weighted by Gasteiger charge is 2.32. The first-order valence-electron chi connectivity index (χ1n) is 4.55. The van der Waals surface area contributed by atoms with Crippen LogP contribution >= 0.6 is 0 Å². The van der Waals surface area contributed by atoms with Gasteiger partial charge in [0.25, 0.3) is 5.69 Å². The van der Waals surface area contributed by atoms with Gasteiger partial charge >= 0.3 is 6.18 Å². The Kier molecular flexibility index (Phi) is 3.50. The molecule has 1 aromatic carbocycles. The van der Waals surface area contributed by atoms with Crippen molar-refractivity contribution in [1.82, 2.24) is 0 Å². The number of hydrogen-bond acceptors (Lipinski definition) is 3. The highest BCUT2D eigenvalue weighted by atomic mass is 19.4. The SMILES string of the molecule is CC(=O)Cc1cc([N+](=O)[O-])cc(C(F)(F)F)c1. The molecular formula is C10H8F3NO3. The molecule has 0 radical (unpaired) electrons. The van der Waals surface area contributed by atoms with Crippen molar-refractivity contribution in [2.24, 2.45) is 0 Å². The normalized spacial score (nSPS) is 11.3. The number of rotatable bonds is 3. The van der Waals surface area contributed by atoms with E-state index in [4.69, 9.17) is 0 Å². The van der Waals surface area contributed by atoms with E-state index in [1.54, 1.807) is 0 Å². The molecule has 0 heterocycles. The molecule has 0 N–H and O–H groups in total. The van der Waals surface area contributed by atoms with Gasteiger partial charge < -0.3 is 0 Å². The summed E-state index contributed by atoms with van der Waals surface area (Å²) in [6.45, 7) is 1.20. The molecule has 0 saturated carbocycles. The lowest BCUT2D eigenvalue weighted by Crippen LogP contribution is -2.08. The van der Waals surface area contributed by atoms with E-state index in [1.165, 1.54) is 6.92 Å². The number of hydrogen-bond donors (Lipinski definition) is 0. The van der Waals surface area contributed by atoms with E-state index in [1.807, 2.05) is 0 Å². The van der Waals surface area contributed by atoms with Crippen LogP contribution in [-0.2, 0) is 17.4 Å². The van der Waals surface area contributed by atoms with Gasteiger partial charge in [0.2, 0.25) is 0 Å². The molecule has 0 aromatic heterocycles. The summed E-state index contributed by atoms with van der Waals surface area (Å²) in [5.74, 6) is -0.362. The molecule has 0 fully saturated rings. The summed E-state index contributed by atoms with van der Waals surface area (Å²) in [5.41, 5.74) is -1.81. The number of carbonyl (C=O) groups is 1. The minimum absolute atomic E-state index is 0.0148. The van der Waals surface area contributed by atoms with Crippen molar-refractivity contribution in [3.05, 3.63) is 39.4 Å². The summed E-state index contributed by atoms with van der Waals surface area (Å²) in [7, 11) is 0. The van der Waals surface area contributed by atoms with Gasteiger partial charge in [-0.3, -0.25) is 14.9 Å². The maximum atomic E-state index is 12.4. The fourth-order valence-corrected chi connectivity index (χ4v) is 1.33. The average molecular weight is 247 g/mol. The third kappa shape index (κ3) is 3.54. The van der Waals surface area contributed by atoms with Gasteiger partial charge in [-0.15, -0.1) is 0 Å². The molecule has 4 nitrogen and oxygen atoms in total. The monoisotopic (exact) mass is 247 g/mol. The Labute approximate surface area is 94.2 Å². The molecule has 1 rings (SSSR count). The van der Waals surface area contributed by atoms with E-state index >= 15 is 0 Å². The van der Waals surface area contributed by atoms with Crippen LogP contribution in [0.2, 0.25) is 0 Å². The maximum Gasteiger partial charge on any atom is 0.416 e. The maximum absolute atomic E-state index is 12.4. The summed E-state index contributed by atoms with van der Waals surface area (Å²) in [6.07, 6.45) is -4.93. The Morgan fingerprint density at radius 1 is 1.35 bits per heavy atom. The van der Waals surface area contributed by atoms with Crippen LogP contribution in [0.1, 0.15) is 18.1 Å². The topological polar surface area (TPSA) is 60.2 Å². The Balaban J connectivity index is 3.28. The van der Waals surface area contributed by atoms with Crippen molar-refractivity contribution in [2.45, 2.75) is 19.5 Å². The molecule has 0 bridgehead atoms. The van der Waals surface area contributed by atoms with E-state index in [-0.39, 0.29) is 17.8 Å². The van der Waals surface area contributed by atoms with Gasteiger partial charge in [0.05, 0.1) is 10.5 Å². The van der Waals surface area contributed by atoms with Crippen LogP contribution in [0.5, 0.6) is 0 Å². The van der Waals surface area contributed by atoms with Gasteiger partial charge in [0, 0.05) is 18.6 Å². The molecule has 0 atom stereocenters. The number of Topliss-reactive ketones (excluding diaryl/α,β-unsaturated/α-hetero) is 1. The molecule has 7 heteroatoms. The van der Waals surface area contributed by atoms with E-state index in [2.05, 4.69) is 0 Å². The second-order valence-electron chi connectivity index (χ2n) is 3.52. The third-order valence-electron chi connectivity index (χ3n) is 1.97. The van der Waals surface area contributed by atoms with Crippen LogP contribution in [0.25, 0.3) is 0 Å². The molecule has 1 aromatic rings. The van der Waals surface area contributed by atoms with Crippen LogP contribution in [-0.4, -0.2) is 10.7 Å². The fraction of sp³-hybridized carbons (Fsp3) is 0.300. The van der Waals surface area contributed by atoms with Gasteiger partial charge in [-0.1, -0.05) is 0 Å². The second-order valence-corrected chi connectivity index (χ2v) is 3.52. The lowest BCUT2D eigenvalue weighted by molar-refractivity contribution is -0.385. The lowest BCUT2D eigenvalue weighted by Gasteiger charge is -2.08. The van der Waals surface area contributed by atoms with Gasteiger partial charge in [-0.05, 0) is 18.6 Å². The minimum atomic E-state index is -4.67. The standard InChI is InChI=1S/C10H8F3NO3/c1-6(15)2-7-3-8(10(11,12)13)5-9(4-7)14(16)17/h3-5H,2H2,1H3. The number of alkyl halides is 3. The zero-order chi connectivity index (χ0) is 13.2. The van der Waals surface area contributed by atoms with Gasteiger partial charge in [0.15, 0.2) is 0 Å². The van der Waals surface area contributed by atoms with Crippen molar-refractivity contribution < 1.29 is 22.9 Å². The van der Waals surface area contributed by atoms with Gasteiger partial charge in [-0.25, -0.2) is 0 Å². The Morgan fingerprint density at radius 2 is 1.94 bits per heavy atom. The molecule has 0 aliphatic heterocycles. The number of non-ortho nitro benzene ring substituents is 1. The molecule has 0 aliphatic rings. The number of ketones is 1. The number of benzene rings is 1. The Hall–Kier alpha value is -1.92. The van der Waals surface area contributed by atoms with Crippen molar-refractivity contribution in [3.8, 4) is 0 Å². The summed E-state index contributed by atoms with van der Waals surface area (Å²) < 4.78 is 37.3. The fourth-order valence-electron chi connectivity index (χ4n) is 1.33. The van der Waals surface area contributed by atoms with Crippen LogP contribution in [0.3, 0.4) is 0 Å². The highest BCUT2D eigenvalue weighted by molar-refractivity contribution is 5.78. The second kappa shape index (κ2) is 4.52. The molecule has 92 valence electrons. The number of carbonyl (C=O) groups excluding carboxylic acids is 1. The molecule has 0 saturated heterocycles. The largest absolute Gasteiger partial charge is 0.416 e. The number of nitrogens with zero attached hydrogens (tertiary/aromatic N) is 1. The zero-order valence-electron chi connectivity index (χ0n) is 8.75. The van der Waals surface area contributed by atoms with E-state index in [0.717, 1.165) is 12.1 Å². The van der Waals surface area contributed by atoms with E-state index < -0.39 is 22.4 Å². The first-order valence-corrected chi connectivity index (χ1v) is 4.55. The lowest BCUT2D eigenvalue weighted by atomic mass is 10.0. The highest BCUT2D eigenvalue weighted by Crippen LogP contribution is 2.32. The van der Waals surface area contributed by atoms with Crippen molar-refractivity contribution >= 4 is 11.5 Å². The molecule has 0 amide bonds. The first kappa shape index (κ1) is 13.1. The van der Waals surface area contributed by atoms with Crippen molar-refractivity contribution in [2.75, 3.05) is 0 Å². The first-order chi connectivity index (χ1) is 7.70. The summed E-state index contributed by atoms with van der Waals surface area (Å²) in [6, 6.07) is 2.16. The molecule has 17 heavy (non-hydrogen) atoms. The molecular weight excluding hydrogens is 239 g/mol. The van der Waals surface area contributed by atoms with Crippen LogP contribution in [0.4, 0.5) is 18.9 Å². The quantitative estimate of drug-likeness (QED) is 0.609. The smallest absolute Gasteiger partial charge is 0.300 e. The number of nitro groups is 1. The van der Waals surface area contributed by atoms with Crippen LogP contribution in [0.15, 0.2) is 18.2 Å². The van der Waals surface area contributed by atoms with Crippen molar-refractivity contribution in [1.29, 1.82) is 0 Å². The number of nitro benzene ring substituents is 1. The number of halogens is 3. The van der Waals surface area contributed by atoms with E-state index in [9.17, 15) is 28.1 Å². The Morgan fingerprint density at radius 3 is 2.35 bits per heavy atom. The van der Waals surface area contributed by atoms with Crippen LogP contribution < -0.4 is 0 Å². The zero-order valence-corrected chi connectivity index (χ0v) is 8.75. The van der Waals surface area contributed by atoms with Gasteiger partial charge in [0.1, 0.15) is 5.78 Å².